The summed E-state index contributed by atoms with van der Waals surface area (Å²) in [5, 5.41) is 76.3. The minimum absolute atomic E-state index is 0.0860. The molecule has 0 spiro atoms. The molecule has 7 rings (SSSR count). The molecule has 1 aliphatic rings. The highest BCUT2D eigenvalue weighted by atomic mass is 17.2. The van der Waals surface area contributed by atoms with Gasteiger partial charge in [0.1, 0.15) is 65.2 Å². The highest BCUT2D eigenvalue weighted by molar-refractivity contribution is 5.93. The largest absolute Gasteiger partial charge is 0.508 e. The van der Waals surface area contributed by atoms with Crippen molar-refractivity contribution in [2.75, 3.05) is 13.2 Å². The normalized spacial score (nSPS) is 18.4. The number of hydrogen-bond acceptors (Lipinski definition) is 12. The first kappa shape index (κ1) is 37.4. The predicted octanol–water partition coefficient (Wildman–Crippen LogP) is 3.58. The van der Waals surface area contributed by atoms with Gasteiger partial charge in [0.05, 0.1) is 17.5 Å². The second-order valence-electron chi connectivity index (χ2n) is 14.6. The van der Waals surface area contributed by atoms with Gasteiger partial charge in [-0.1, -0.05) is 13.0 Å². The Morgan fingerprint density at radius 3 is 2.56 bits per heavy atom. The second-order valence-corrected chi connectivity index (χ2v) is 14.6. The fraction of sp³-hybridized carbons (Fsp3) is 0.375. The van der Waals surface area contributed by atoms with Crippen LogP contribution >= 0.6 is 0 Å². The molecule has 6 aromatic rings. The van der Waals surface area contributed by atoms with Crippen LogP contribution in [0.15, 0.2) is 70.1 Å². The number of benzene rings is 3. The molecule has 8 N–H and O–H groups in total. The lowest BCUT2D eigenvalue weighted by molar-refractivity contribution is -0.369. The van der Waals surface area contributed by atoms with E-state index in [1.54, 1.807) is 26.8 Å². The number of fused-ring (bicyclic) bond motifs is 4. The van der Waals surface area contributed by atoms with Crippen molar-refractivity contribution < 1.29 is 54.7 Å². The number of rotatable bonds is 12. The minimum Gasteiger partial charge on any atom is -0.508 e. The van der Waals surface area contributed by atoms with Gasteiger partial charge in [-0.15, -0.1) is 0 Å². The summed E-state index contributed by atoms with van der Waals surface area (Å²) in [4.78, 5) is 28.3. The summed E-state index contributed by atoms with van der Waals surface area (Å²) in [6.07, 6.45) is -2.45. The Morgan fingerprint density at radius 1 is 1.04 bits per heavy atom. The third-order valence-electron chi connectivity index (χ3n) is 10.4. The van der Waals surface area contributed by atoms with Gasteiger partial charge < -0.3 is 54.5 Å². The van der Waals surface area contributed by atoms with Crippen LogP contribution in [0, 0.1) is 6.92 Å². The molecule has 0 bridgehead atoms. The van der Waals surface area contributed by atoms with Crippen LogP contribution in [-0.4, -0.2) is 94.1 Å². The summed E-state index contributed by atoms with van der Waals surface area (Å²) in [6, 6.07) is 12.3. The number of nitrogens with zero attached hydrogens (tertiary/aromatic N) is 1. The first-order valence-corrected chi connectivity index (χ1v) is 17.7. The van der Waals surface area contributed by atoms with Gasteiger partial charge in [-0.25, -0.2) is 9.78 Å². The standard InChI is InChI=1S/C40H44N2O12/c1-5-29-25-10-11-41-28(25)17-42(29)34-36-22(13-27-31(46)12-20(2)52-37(27)34)14-33(39(3,4)53-36)54-51-19-40(50,38(49)35(48)32(47)18-43)16-21-6-9-30(45)24-8-7-23(44)15-26(21)24/h6-13,15,17,32-33,35,38,41,43-45,47-50H,5,14,16,18-19H2,1-4H3/t32-,33-,35-,38+,40+/m1/s1. The minimum atomic E-state index is -2.35. The van der Waals surface area contributed by atoms with E-state index >= 15 is 0 Å². The van der Waals surface area contributed by atoms with Crippen LogP contribution in [0.4, 0.5) is 0 Å². The Kier molecular flexibility index (Phi) is 9.73. The monoisotopic (exact) mass is 744 g/mol. The molecule has 14 heteroatoms. The van der Waals surface area contributed by atoms with Crippen LogP contribution < -0.4 is 10.2 Å². The van der Waals surface area contributed by atoms with Crippen LogP contribution in [0.1, 0.15) is 43.4 Å². The molecule has 3 aromatic heterocycles. The van der Waals surface area contributed by atoms with Gasteiger partial charge in [-0.3, -0.25) is 4.79 Å². The van der Waals surface area contributed by atoms with Gasteiger partial charge in [-0.05, 0) is 74.5 Å². The van der Waals surface area contributed by atoms with Gasteiger partial charge in [0.2, 0.25) is 0 Å². The molecule has 5 atom stereocenters. The smallest absolute Gasteiger partial charge is 0.193 e. The lowest BCUT2D eigenvalue weighted by Gasteiger charge is -2.41. The average Bonchev–Trinajstić information content (AvgIpc) is 3.73. The number of aromatic amines is 1. The lowest BCUT2D eigenvalue weighted by Crippen LogP contribution is -2.57. The maximum absolute atomic E-state index is 13.4. The number of nitrogens with one attached hydrogen (secondary N) is 1. The maximum Gasteiger partial charge on any atom is 0.193 e. The molecule has 0 radical (unpaired) electrons. The third kappa shape index (κ3) is 6.49. The Labute approximate surface area is 308 Å². The van der Waals surface area contributed by atoms with Crippen molar-refractivity contribution in [1.82, 2.24) is 9.55 Å². The van der Waals surface area contributed by atoms with E-state index in [4.69, 9.17) is 18.9 Å². The van der Waals surface area contributed by atoms with Crippen molar-refractivity contribution in [1.29, 1.82) is 0 Å². The van der Waals surface area contributed by atoms with Crippen LogP contribution in [-0.2, 0) is 29.0 Å². The molecular formula is C40H44N2O12. The van der Waals surface area contributed by atoms with E-state index in [2.05, 4.69) is 4.98 Å². The van der Waals surface area contributed by atoms with E-state index in [1.165, 1.54) is 36.4 Å². The number of aliphatic hydroxyl groups is 5. The fourth-order valence-corrected chi connectivity index (χ4v) is 7.43. The van der Waals surface area contributed by atoms with Crippen LogP contribution in [0.5, 0.6) is 17.2 Å². The molecule has 54 heavy (non-hydrogen) atoms. The molecule has 4 heterocycles. The maximum atomic E-state index is 13.4. The Hall–Kier alpha value is -4.93. The summed E-state index contributed by atoms with van der Waals surface area (Å²) in [5.74, 6) is 0.733. The molecule has 0 saturated carbocycles. The number of H-pyrrole nitrogens is 1. The fourth-order valence-electron chi connectivity index (χ4n) is 7.43. The number of aryl methyl sites for hydroxylation is 2. The van der Waals surface area contributed by atoms with Crippen LogP contribution in [0.25, 0.3) is 38.3 Å². The molecule has 1 aliphatic heterocycles. The summed E-state index contributed by atoms with van der Waals surface area (Å²) >= 11 is 0. The van der Waals surface area contributed by atoms with Crippen molar-refractivity contribution in [3.63, 3.8) is 0 Å². The molecular weight excluding hydrogens is 700 g/mol. The Balaban J connectivity index is 1.23. The van der Waals surface area contributed by atoms with Crippen molar-refractivity contribution in [2.24, 2.45) is 0 Å². The van der Waals surface area contributed by atoms with Gasteiger partial charge in [0.15, 0.2) is 16.8 Å². The molecule has 3 aromatic carbocycles. The predicted molar refractivity (Wildman–Crippen MR) is 198 cm³/mol. The van der Waals surface area contributed by atoms with Crippen molar-refractivity contribution in [3.8, 4) is 22.9 Å². The zero-order valence-electron chi connectivity index (χ0n) is 30.2. The number of aliphatic hydroxyl groups excluding tert-OH is 4. The van der Waals surface area contributed by atoms with Crippen molar-refractivity contribution >= 4 is 32.6 Å². The number of ether oxygens (including phenoxy) is 1. The topological polar surface area (TPSA) is 220 Å². The number of phenolic OH excluding ortho intramolecular Hbond substituents is 2. The molecule has 0 saturated heterocycles. The van der Waals surface area contributed by atoms with Gasteiger partial charge in [0.25, 0.3) is 0 Å². The van der Waals surface area contributed by atoms with Gasteiger partial charge in [-0.2, -0.15) is 0 Å². The molecule has 0 fully saturated rings. The number of aromatic hydroxyl groups is 2. The summed E-state index contributed by atoms with van der Waals surface area (Å²) < 4.78 is 14.9. The van der Waals surface area contributed by atoms with E-state index in [9.17, 15) is 40.5 Å². The van der Waals surface area contributed by atoms with E-state index in [-0.39, 0.29) is 23.3 Å². The number of phenols is 2. The molecule has 286 valence electrons. The average molecular weight is 745 g/mol. The molecule has 14 nitrogen and oxygen atoms in total. The van der Waals surface area contributed by atoms with Gasteiger partial charge in [0, 0.05) is 53.3 Å². The Morgan fingerprint density at radius 2 is 1.81 bits per heavy atom. The van der Waals surface area contributed by atoms with Crippen LogP contribution in [0.3, 0.4) is 0 Å². The summed E-state index contributed by atoms with van der Waals surface area (Å²) in [6.45, 7) is 5.70. The number of hydrogen-bond donors (Lipinski definition) is 8. The SMILES string of the molecule is CCc1c2cc[nH]c2cn1-c1c2c(cc3c(=O)cc(C)oc13)C[C@@H](OOC[C@@](O)(Cc1ccc(O)c3ccc(O)cc13)[C@@H](O)[C@H](O)[C@H](O)CO)C(C)(C)O2. The molecule has 0 aliphatic carbocycles. The summed E-state index contributed by atoms with van der Waals surface area (Å²) in [7, 11) is 0. The van der Waals surface area contributed by atoms with E-state index in [0.29, 0.717) is 56.5 Å². The molecule has 0 unspecified atom stereocenters. The lowest BCUT2D eigenvalue weighted by atomic mass is 9.84. The number of aromatic nitrogens is 2. The molecule has 0 amide bonds. The zero-order chi connectivity index (χ0) is 38.7. The van der Waals surface area contributed by atoms with E-state index < -0.39 is 55.3 Å². The van der Waals surface area contributed by atoms with Gasteiger partial charge >= 0.3 is 0 Å². The second kappa shape index (κ2) is 14.0. The van der Waals surface area contributed by atoms with E-state index in [0.717, 1.165) is 16.6 Å². The first-order chi connectivity index (χ1) is 25.7. The zero-order valence-corrected chi connectivity index (χ0v) is 30.2. The van der Waals surface area contributed by atoms with Crippen molar-refractivity contribution in [2.45, 2.75) is 82.6 Å². The highest BCUT2D eigenvalue weighted by Gasteiger charge is 2.46. The third-order valence-corrected chi connectivity index (χ3v) is 10.4. The first-order valence-electron chi connectivity index (χ1n) is 17.7. The highest BCUT2D eigenvalue weighted by Crippen LogP contribution is 2.44. The summed E-state index contributed by atoms with van der Waals surface area (Å²) in [5.41, 5.74) is 0.152. The Bertz CT molecular complexity index is 2410. The van der Waals surface area contributed by atoms with E-state index in [1.807, 2.05) is 30.0 Å². The van der Waals surface area contributed by atoms with Crippen LogP contribution in [0.2, 0.25) is 0 Å². The quantitative estimate of drug-likeness (QED) is 0.0666. The van der Waals surface area contributed by atoms with Crippen molar-refractivity contribution in [3.05, 3.63) is 93.7 Å².